The number of H-pyrrole nitrogens is 1. The molecule has 140 valence electrons. The zero-order valence-corrected chi connectivity index (χ0v) is 17.4. The van der Waals surface area contributed by atoms with Gasteiger partial charge in [-0.1, -0.05) is 36.4 Å². The number of hydrogen-bond acceptors (Lipinski definition) is 5. The van der Waals surface area contributed by atoms with Gasteiger partial charge in [-0.2, -0.15) is 11.8 Å². The molecule has 8 heteroatoms. The van der Waals surface area contributed by atoms with Crippen molar-refractivity contribution in [3.05, 3.63) is 50.9 Å². The molecule has 1 atom stereocenters. The molecular formula is C18H22ClN3O2S2. The van der Waals surface area contributed by atoms with Crippen molar-refractivity contribution in [3.8, 4) is 0 Å². The molecule has 0 aliphatic heterocycles. The second kappa shape index (κ2) is 10.0. The van der Waals surface area contributed by atoms with Crippen LogP contribution in [-0.4, -0.2) is 26.9 Å². The van der Waals surface area contributed by atoms with Gasteiger partial charge < -0.3 is 10.3 Å². The number of nitrogens with one attached hydrogen (secondary N) is 2. The lowest BCUT2D eigenvalue weighted by atomic mass is 10.2. The zero-order valence-electron chi connectivity index (χ0n) is 15.0. The van der Waals surface area contributed by atoms with Crippen molar-refractivity contribution in [2.75, 3.05) is 11.1 Å². The fourth-order valence-corrected chi connectivity index (χ4v) is 3.91. The van der Waals surface area contributed by atoms with Crippen LogP contribution in [0, 0.1) is 6.92 Å². The van der Waals surface area contributed by atoms with Crippen LogP contribution in [0.2, 0.25) is 5.02 Å². The van der Waals surface area contributed by atoms with E-state index in [1.807, 2.05) is 13.0 Å². The highest BCUT2D eigenvalue weighted by atomic mass is 35.5. The first-order valence-corrected chi connectivity index (χ1v) is 10.7. The molecule has 0 saturated heterocycles. The van der Waals surface area contributed by atoms with Crippen molar-refractivity contribution in [1.29, 1.82) is 0 Å². The van der Waals surface area contributed by atoms with Crippen LogP contribution in [-0.2, 0) is 10.5 Å². The molecule has 1 aromatic carbocycles. The SMILES string of the molecule is CCCSCc1cc(=O)[nH]c(SC(C)C(=O)Nc2cc(Cl)ccc2C)n1. The van der Waals surface area contributed by atoms with Gasteiger partial charge in [0.1, 0.15) is 0 Å². The number of aromatic amines is 1. The Labute approximate surface area is 166 Å². The van der Waals surface area contributed by atoms with Gasteiger partial charge >= 0.3 is 0 Å². The Bertz CT molecular complexity index is 826. The number of aryl methyl sites for hydroxylation is 1. The average Bonchev–Trinajstić information content (AvgIpc) is 2.58. The van der Waals surface area contributed by atoms with E-state index in [9.17, 15) is 9.59 Å². The van der Waals surface area contributed by atoms with Crippen LogP contribution < -0.4 is 10.9 Å². The highest BCUT2D eigenvalue weighted by molar-refractivity contribution is 8.00. The first-order valence-electron chi connectivity index (χ1n) is 8.30. The van der Waals surface area contributed by atoms with Gasteiger partial charge in [0.25, 0.3) is 5.56 Å². The van der Waals surface area contributed by atoms with Gasteiger partial charge in [0.05, 0.1) is 10.9 Å². The molecule has 0 fully saturated rings. The molecule has 0 spiro atoms. The number of thioether (sulfide) groups is 2. The second-order valence-electron chi connectivity index (χ2n) is 5.80. The highest BCUT2D eigenvalue weighted by Gasteiger charge is 2.17. The molecule has 2 aromatic rings. The number of carbonyl (C=O) groups excluding carboxylic acids is 1. The van der Waals surface area contributed by atoms with Gasteiger partial charge in [-0.3, -0.25) is 9.59 Å². The second-order valence-corrected chi connectivity index (χ2v) is 8.67. The van der Waals surface area contributed by atoms with Crippen molar-refractivity contribution in [2.24, 2.45) is 0 Å². The van der Waals surface area contributed by atoms with E-state index in [1.165, 1.54) is 17.8 Å². The number of rotatable bonds is 8. The van der Waals surface area contributed by atoms with Crippen LogP contribution in [0.4, 0.5) is 5.69 Å². The molecule has 0 radical (unpaired) electrons. The summed E-state index contributed by atoms with van der Waals surface area (Å²) >= 11 is 8.95. The van der Waals surface area contributed by atoms with E-state index in [1.54, 1.807) is 30.8 Å². The number of hydrogen-bond donors (Lipinski definition) is 2. The van der Waals surface area contributed by atoms with Crippen LogP contribution >= 0.6 is 35.1 Å². The van der Waals surface area contributed by atoms with Crippen molar-refractivity contribution in [3.63, 3.8) is 0 Å². The minimum Gasteiger partial charge on any atom is -0.325 e. The topological polar surface area (TPSA) is 74.8 Å². The summed E-state index contributed by atoms with van der Waals surface area (Å²) in [5.74, 6) is 1.54. The van der Waals surface area contributed by atoms with E-state index >= 15 is 0 Å². The molecule has 0 aliphatic carbocycles. The summed E-state index contributed by atoms with van der Waals surface area (Å²) in [7, 11) is 0. The largest absolute Gasteiger partial charge is 0.325 e. The Hall–Kier alpha value is -1.44. The predicted molar refractivity (Wildman–Crippen MR) is 111 cm³/mol. The van der Waals surface area contributed by atoms with Gasteiger partial charge in [0.2, 0.25) is 5.91 Å². The minimum absolute atomic E-state index is 0.172. The fraction of sp³-hybridized carbons (Fsp3) is 0.389. The standard InChI is InChI=1S/C18H22ClN3O2S2/c1-4-7-25-10-14-9-16(23)22-18(20-14)26-12(3)17(24)21-15-8-13(19)6-5-11(15)2/h5-6,8-9,12H,4,7,10H2,1-3H3,(H,21,24)(H,20,22,23). The smallest absolute Gasteiger partial charge is 0.251 e. The Morgan fingerprint density at radius 2 is 2.15 bits per heavy atom. The average molecular weight is 412 g/mol. The Balaban J connectivity index is 2.04. The van der Waals surface area contributed by atoms with Crippen LogP contribution in [0.3, 0.4) is 0 Å². The van der Waals surface area contributed by atoms with E-state index in [4.69, 9.17) is 11.6 Å². The normalized spacial score (nSPS) is 12.0. The summed E-state index contributed by atoms with van der Waals surface area (Å²) in [6.07, 6.45) is 1.08. The van der Waals surface area contributed by atoms with Crippen LogP contribution in [0.15, 0.2) is 34.2 Å². The maximum atomic E-state index is 12.5. The molecule has 1 amide bonds. The van der Waals surface area contributed by atoms with E-state index in [2.05, 4.69) is 22.2 Å². The molecule has 2 rings (SSSR count). The summed E-state index contributed by atoms with van der Waals surface area (Å²) in [5.41, 5.74) is 2.14. The number of carbonyl (C=O) groups is 1. The number of anilines is 1. The molecule has 26 heavy (non-hydrogen) atoms. The summed E-state index contributed by atoms with van der Waals surface area (Å²) in [4.78, 5) is 31.4. The summed E-state index contributed by atoms with van der Waals surface area (Å²) < 4.78 is 0. The van der Waals surface area contributed by atoms with E-state index < -0.39 is 5.25 Å². The molecule has 1 heterocycles. The highest BCUT2D eigenvalue weighted by Crippen LogP contribution is 2.24. The van der Waals surface area contributed by atoms with Crippen molar-refractivity contribution < 1.29 is 4.79 Å². The molecular weight excluding hydrogens is 390 g/mol. The first kappa shape index (κ1) is 20.9. The van der Waals surface area contributed by atoms with Gasteiger partial charge in [0.15, 0.2) is 5.16 Å². The Morgan fingerprint density at radius 1 is 1.38 bits per heavy atom. The number of amides is 1. The van der Waals surface area contributed by atoms with Crippen molar-refractivity contribution in [2.45, 2.75) is 43.4 Å². The lowest BCUT2D eigenvalue weighted by molar-refractivity contribution is -0.115. The number of benzene rings is 1. The predicted octanol–water partition coefficient (Wildman–Crippen LogP) is 4.49. The lowest BCUT2D eigenvalue weighted by Gasteiger charge is -2.13. The summed E-state index contributed by atoms with van der Waals surface area (Å²) in [5, 5.41) is 3.47. The van der Waals surface area contributed by atoms with Gasteiger partial charge in [-0.05, 0) is 43.7 Å². The van der Waals surface area contributed by atoms with Gasteiger partial charge in [0, 0.05) is 22.5 Å². The zero-order chi connectivity index (χ0) is 19.1. The molecule has 0 bridgehead atoms. The maximum absolute atomic E-state index is 12.5. The molecule has 5 nitrogen and oxygen atoms in total. The molecule has 0 aliphatic rings. The third kappa shape index (κ3) is 6.37. The van der Waals surface area contributed by atoms with Crippen molar-refractivity contribution in [1.82, 2.24) is 9.97 Å². The molecule has 1 unspecified atom stereocenters. The molecule has 1 aromatic heterocycles. The lowest BCUT2D eigenvalue weighted by Crippen LogP contribution is -2.23. The number of halogens is 1. The Morgan fingerprint density at radius 3 is 2.88 bits per heavy atom. The third-order valence-corrected chi connectivity index (χ3v) is 5.90. The third-order valence-electron chi connectivity index (χ3n) is 3.49. The minimum atomic E-state index is -0.421. The van der Waals surface area contributed by atoms with Crippen LogP contribution in [0.5, 0.6) is 0 Å². The first-order chi connectivity index (χ1) is 12.4. The summed E-state index contributed by atoms with van der Waals surface area (Å²) in [6, 6.07) is 6.86. The number of aromatic nitrogens is 2. The summed E-state index contributed by atoms with van der Waals surface area (Å²) in [6.45, 7) is 5.79. The van der Waals surface area contributed by atoms with Gasteiger partial charge in [-0.15, -0.1) is 0 Å². The fourth-order valence-electron chi connectivity index (χ4n) is 2.12. The van der Waals surface area contributed by atoms with Crippen LogP contribution in [0.25, 0.3) is 0 Å². The monoisotopic (exact) mass is 411 g/mol. The van der Waals surface area contributed by atoms with E-state index in [0.717, 1.165) is 23.4 Å². The Kier molecular flexibility index (Phi) is 8.06. The molecule has 0 saturated carbocycles. The van der Waals surface area contributed by atoms with E-state index in [0.29, 0.717) is 21.6 Å². The van der Waals surface area contributed by atoms with E-state index in [-0.39, 0.29) is 11.5 Å². The molecule has 2 N–H and O–H groups in total. The van der Waals surface area contributed by atoms with Crippen LogP contribution in [0.1, 0.15) is 31.5 Å². The van der Waals surface area contributed by atoms with Crippen molar-refractivity contribution >= 4 is 46.7 Å². The number of nitrogens with zero attached hydrogens (tertiary/aromatic N) is 1. The maximum Gasteiger partial charge on any atom is 0.251 e. The quantitative estimate of drug-likeness (QED) is 0.380. The van der Waals surface area contributed by atoms with Gasteiger partial charge in [-0.25, -0.2) is 4.98 Å².